The van der Waals surface area contributed by atoms with Gasteiger partial charge in [-0.2, -0.15) is 0 Å². The minimum Gasteiger partial charge on any atom is -0.348 e. The molecule has 1 amide bonds. The molecule has 2 nitrogen and oxygen atoms in total. The van der Waals surface area contributed by atoms with Crippen LogP contribution in [-0.2, 0) is 6.54 Å². The van der Waals surface area contributed by atoms with Crippen LogP contribution in [0.4, 0.5) is 13.2 Å². The standard InChI is InChI=1S/C14H8Cl2F3NO/c15-8-2-1-3-9(16)11(8)14(21)20-6-7-4-5-10(17)13(19)12(7)18/h1-5H,6H2,(H,20,21). The first kappa shape index (κ1) is 15.7. The maximum Gasteiger partial charge on any atom is 0.254 e. The van der Waals surface area contributed by atoms with Crippen LogP contribution in [0.15, 0.2) is 30.3 Å². The van der Waals surface area contributed by atoms with Crippen LogP contribution in [0.25, 0.3) is 0 Å². The van der Waals surface area contributed by atoms with E-state index in [2.05, 4.69) is 5.32 Å². The molecule has 0 aliphatic carbocycles. The predicted molar refractivity (Wildman–Crippen MR) is 73.9 cm³/mol. The Balaban J connectivity index is 2.17. The molecule has 21 heavy (non-hydrogen) atoms. The average molecular weight is 334 g/mol. The first-order valence-electron chi connectivity index (χ1n) is 5.76. The third-order valence-corrected chi connectivity index (χ3v) is 3.37. The Bertz CT molecular complexity index is 687. The highest BCUT2D eigenvalue weighted by Crippen LogP contribution is 2.24. The van der Waals surface area contributed by atoms with E-state index in [1.54, 1.807) is 6.07 Å². The van der Waals surface area contributed by atoms with Gasteiger partial charge in [0, 0.05) is 12.1 Å². The van der Waals surface area contributed by atoms with E-state index in [1.165, 1.54) is 12.1 Å². The van der Waals surface area contributed by atoms with Crippen molar-refractivity contribution in [2.24, 2.45) is 0 Å². The van der Waals surface area contributed by atoms with Gasteiger partial charge in [-0.3, -0.25) is 4.79 Å². The van der Waals surface area contributed by atoms with E-state index in [9.17, 15) is 18.0 Å². The van der Waals surface area contributed by atoms with Crippen molar-refractivity contribution in [2.45, 2.75) is 6.54 Å². The number of carbonyl (C=O) groups is 1. The third-order valence-electron chi connectivity index (χ3n) is 2.74. The summed E-state index contributed by atoms with van der Waals surface area (Å²) in [6.07, 6.45) is 0. The van der Waals surface area contributed by atoms with Crippen LogP contribution in [0.3, 0.4) is 0 Å². The molecule has 0 aliphatic heterocycles. The first-order chi connectivity index (χ1) is 9.91. The molecule has 1 N–H and O–H groups in total. The van der Waals surface area contributed by atoms with E-state index < -0.39 is 23.4 Å². The molecule has 0 aromatic heterocycles. The molecular weight excluding hydrogens is 326 g/mol. The van der Waals surface area contributed by atoms with E-state index in [0.29, 0.717) is 0 Å². The van der Waals surface area contributed by atoms with Gasteiger partial charge in [0.15, 0.2) is 17.5 Å². The molecule has 2 aromatic rings. The summed E-state index contributed by atoms with van der Waals surface area (Å²) in [5.41, 5.74) is -0.158. The predicted octanol–water partition coefficient (Wildman–Crippen LogP) is 4.34. The number of halogens is 5. The average Bonchev–Trinajstić information content (AvgIpc) is 2.44. The van der Waals surface area contributed by atoms with Gasteiger partial charge in [-0.15, -0.1) is 0 Å². The van der Waals surface area contributed by atoms with Gasteiger partial charge in [-0.1, -0.05) is 35.3 Å². The summed E-state index contributed by atoms with van der Waals surface area (Å²) in [5, 5.41) is 2.61. The van der Waals surface area contributed by atoms with Crippen molar-refractivity contribution < 1.29 is 18.0 Å². The number of hydrogen-bond donors (Lipinski definition) is 1. The van der Waals surface area contributed by atoms with Crippen molar-refractivity contribution in [3.8, 4) is 0 Å². The molecule has 2 aromatic carbocycles. The second kappa shape index (κ2) is 6.37. The highest BCUT2D eigenvalue weighted by atomic mass is 35.5. The molecule has 0 bridgehead atoms. The van der Waals surface area contributed by atoms with Crippen LogP contribution in [0.1, 0.15) is 15.9 Å². The molecule has 0 unspecified atom stereocenters. The van der Waals surface area contributed by atoms with Crippen LogP contribution < -0.4 is 5.32 Å². The van der Waals surface area contributed by atoms with E-state index >= 15 is 0 Å². The van der Waals surface area contributed by atoms with E-state index in [1.807, 2.05) is 0 Å². The number of carbonyl (C=O) groups excluding carboxylic acids is 1. The van der Waals surface area contributed by atoms with Crippen molar-refractivity contribution in [3.63, 3.8) is 0 Å². The molecular formula is C14H8Cl2F3NO. The summed E-state index contributed by atoms with van der Waals surface area (Å²) in [6.45, 7) is -0.330. The number of hydrogen-bond acceptors (Lipinski definition) is 1. The van der Waals surface area contributed by atoms with Crippen molar-refractivity contribution in [1.29, 1.82) is 0 Å². The zero-order valence-corrected chi connectivity index (χ0v) is 11.9. The Morgan fingerprint density at radius 1 is 1.00 bits per heavy atom. The van der Waals surface area contributed by atoms with Crippen LogP contribution >= 0.6 is 23.2 Å². The quantitative estimate of drug-likeness (QED) is 0.831. The van der Waals surface area contributed by atoms with Gasteiger partial charge < -0.3 is 5.32 Å². The minimum absolute atomic E-state index is 0.0313. The largest absolute Gasteiger partial charge is 0.348 e. The Labute approximate surface area is 128 Å². The molecule has 0 saturated heterocycles. The second-order valence-electron chi connectivity index (χ2n) is 4.11. The number of amides is 1. The first-order valence-corrected chi connectivity index (χ1v) is 6.52. The van der Waals surface area contributed by atoms with Crippen molar-refractivity contribution in [3.05, 3.63) is 69.0 Å². The maximum absolute atomic E-state index is 13.5. The molecule has 0 radical (unpaired) electrons. The molecule has 0 spiro atoms. The number of benzene rings is 2. The van der Waals surface area contributed by atoms with E-state index in [-0.39, 0.29) is 27.7 Å². The zero-order valence-electron chi connectivity index (χ0n) is 10.4. The van der Waals surface area contributed by atoms with Gasteiger partial charge in [-0.25, -0.2) is 13.2 Å². The Morgan fingerprint density at radius 2 is 1.62 bits per heavy atom. The summed E-state index contributed by atoms with van der Waals surface area (Å²) >= 11 is 11.7. The highest BCUT2D eigenvalue weighted by Gasteiger charge is 2.17. The van der Waals surface area contributed by atoms with Crippen LogP contribution in [-0.4, -0.2) is 5.91 Å². The van der Waals surface area contributed by atoms with Gasteiger partial charge >= 0.3 is 0 Å². The lowest BCUT2D eigenvalue weighted by Crippen LogP contribution is -2.24. The van der Waals surface area contributed by atoms with Crippen LogP contribution in [0.2, 0.25) is 10.0 Å². The minimum atomic E-state index is -1.59. The highest BCUT2D eigenvalue weighted by molar-refractivity contribution is 6.39. The SMILES string of the molecule is O=C(NCc1ccc(F)c(F)c1F)c1c(Cl)cccc1Cl. The monoisotopic (exact) mass is 333 g/mol. The lowest BCUT2D eigenvalue weighted by Gasteiger charge is -2.09. The summed E-state index contributed by atoms with van der Waals surface area (Å²) < 4.78 is 39.3. The molecule has 110 valence electrons. The Morgan fingerprint density at radius 3 is 2.24 bits per heavy atom. The molecule has 2 rings (SSSR count). The van der Waals surface area contributed by atoms with Gasteiger partial charge in [0.25, 0.3) is 5.91 Å². The Hall–Kier alpha value is -1.72. The van der Waals surface area contributed by atoms with Crippen molar-refractivity contribution >= 4 is 29.1 Å². The number of nitrogens with one attached hydrogen (secondary N) is 1. The van der Waals surface area contributed by atoms with Gasteiger partial charge in [0.1, 0.15) is 0 Å². The third kappa shape index (κ3) is 3.31. The molecule has 0 atom stereocenters. The van der Waals surface area contributed by atoms with Crippen molar-refractivity contribution in [1.82, 2.24) is 5.32 Å². The number of rotatable bonds is 3. The summed E-state index contributed by atoms with van der Waals surface area (Å²) in [5.74, 6) is -4.87. The molecule has 0 heterocycles. The smallest absolute Gasteiger partial charge is 0.254 e. The van der Waals surface area contributed by atoms with E-state index in [4.69, 9.17) is 23.2 Å². The fourth-order valence-corrected chi connectivity index (χ4v) is 2.25. The van der Waals surface area contributed by atoms with Crippen molar-refractivity contribution in [2.75, 3.05) is 0 Å². The lowest BCUT2D eigenvalue weighted by molar-refractivity contribution is 0.0951. The molecule has 0 fully saturated rings. The van der Waals surface area contributed by atoms with Gasteiger partial charge in [0.05, 0.1) is 15.6 Å². The normalized spacial score (nSPS) is 10.5. The molecule has 0 aliphatic rings. The lowest BCUT2D eigenvalue weighted by atomic mass is 10.1. The summed E-state index contributed by atoms with van der Waals surface area (Å²) in [6, 6.07) is 6.34. The maximum atomic E-state index is 13.5. The summed E-state index contributed by atoms with van der Waals surface area (Å²) in [7, 11) is 0. The second-order valence-corrected chi connectivity index (χ2v) is 4.93. The van der Waals surface area contributed by atoms with Crippen LogP contribution in [0, 0.1) is 17.5 Å². The fraction of sp³-hybridized carbons (Fsp3) is 0.0714. The van der Waals surface area contributed by atoms with Crippen LogP contribution in [0.5, 0.6) is 0 Å². The molecule has 7 heteroatoms. The summed E-state index contributed by atoms with van der Waals surface area (Å²) in [4.78, 5) is 12.0. The topological polar surface area (TPSA) is 29.1 Å². The van der Waals surface area contributed by atoms with Gasteiger partial charge in [-0.05, 0) is 18.2 Å². The zero-order chi connectivity index (χ0) is 15.6. The van der Waals surface area contributed by atoms with Gasteiger partial charge in [0.2, 0.25) is 0 Å². The molecule has 0 saturated carbocycles. The Kier molecular flexibility index (Phi) is 4.75. The fourth-order valence-electron chi connectivity index (χ4n) is 1.68. The van der Waals surface area contributed by atoms with E-state index in [0.717, 1.165) is 12.1 Å².